The van der Waals surface area contributed by atoms with Gasteiger partial charge in [0.1, 0.15) is 17.2 Å². The number of carbonyl (C=O) groups is 1. The molecule has 0 aromatic heterocycles. The smallest absolute Gasteiger partial charge is 0.259 e. The molecule has 1 aliphatic carbocycles. The molecular weight excluding hydrogens is 342 g/mol. The number of nitrogens with zero attached hydrogens (tertiary/aromatic N) is 1. The van der Waals surface area contributed by atoms with Crippen LogP contribution in [0.5, 0.6) is 0 Å². The zero-order valence-electron chi connectivity index (χ0n) is 11.5. The van der Waals surface area contributed by atoms with Crippen molar-refractivity contribution < 1.29 is 13.6 Å². The Kier molecular flexibility index (Phi) is 4.01. The molecule has 2 fully saturated rings. The minimum absolute atomic E-state index is 0.0844. The van der Waals surface area contributed by atoms with E-state index in [2.05, 4.69) is 15.9 Å². The van der Waals surface area contributed by atoms with Gasteiger partial charge in [-0.2, -0.15) is 0 Å². The summed E-state index contributed by atoms with van der Waals surface area (Å²) >= 11 is 3.02. The van der Waals surface area contributed by atoms with Crippen molar-refractivity contribution in [3.05, 3.63) is 33.8 Å². The molecule has 1 aliphatic heterocycles. The Morgan fingerprint density at radius 2 is 1.90 bits per heavy atom. The number of benzene rings is 1. The van der Waals surface area contributed by atoms with Crippen LogP contribution >= 0.6 is 15.9 Å². The van der Waals surface area contributed by atoms with Gasteiger partial charge in [0.05, 0.1) is 0 Å². The van der Waals surface area contributed by atoms with Gasteiger partial charge in [0.25, 0.3) is 5.91 Å². The molecule has 1 aromatic carbocycles. The third-order valence-corrected chi connectivity index (χ3v) is 5.12. The van der Waals surface area contributed by atoms with Gasteiger partial charge in [0.15, 0.2) is 0 Å². The van der Waals surface area contributed by atoms with Gasteiger partial charge in [-0.25, -0.2) is 8.78 Å². The second-order valence-corrected chi connectivity index (χ2v) is 6.89. The van der Waals surface area contributed by atoms with E-state index in [-0.39, 0.29) is 16.4 Å². The Hall–Kier alpha value is -1.01. The number of rotatable bonds is 1. The SMILES string of the molecule is NC1CCCC2CN(C(=O)c3c(F)cc(Br)cc3F)CC12. The van der Waals surface area contributed by atoms with E-state index >= 15 is 0 Å². The van der Waals surface area contributed by atoms with E-state index in [4.69, 9.17) is 5.73 Å². The van der Waals surface area contributed by atoms with Gasteiger partial charge >= 0.3 is 0 Å². The first-order valence-electron chi connectivity index (χ1n) is 7.16. The number of amides is 1. The van der Waals surface area contributed by atoms with E-state index in [0.717, 1.165) is 31.4 Å². The van der Waals surface area contributed by atoms with Gasteiger partial charge in [0, 0.05) is 23.6 Å². The van der Waals surface area contributed by atoms with Crippen LogP contribution in [0.15, 0.2) is 16.6 Å². The maximum absolute atomic E-state index is 13.9. The quantitative estimate of drug-likeness (QED) is 0.838. The standard InChI is InChI=1S/C15H17BrF2N2O/c16-9-4-11(17)14(12(18)5-9)15(21)20-6-8-2-1-3-13(19)10(8)7-20/h4-5,8,10,13H,1-3,6-7,19H2. The number of hydrogen-bond donors (Lipinski definition) is 1. The summed E-state index contributed by atoms with van der Waals surface area (Å²) in [7, 11) is 0. The summed E-state index contributed by atoms with van der Waals surface area (Å²) in [4.78, 5) is 14.0. The van der Waals surface area contributed by atoms with Crippen LogP contribution in [0.2, 0.25) is 0 Å². The molecule has 1 saturated heterocycles. The highest BCUT2D eigenvalue weighted by Gasteiger charge is 2.41. The third kappa shape index (κ3) is 2.71. The van der Waals surface area contributed by atoms with Crippen LogP contribution in [0.25, 0.3) is 0 Å². The molecule has 6 heteroatoms. The van der Waals surface area contributed by atoms with Crippen LogP contribution in [0.4, 0.5) is 8.78 Å². The summed E-state index contributed by atoms with van der Waals surface area (Å²) in [6, 6.07) is 2.32. The predicted octanol–water partition coefficient (Wildman–Crippen LogP) is 2.93. The van der Waals surface area contributed by atoms with Gasteiger partial charge < -0.3 is 10.6 Å². The minimum atomic E-state index is -0.828. The lowest BCUT2D eigenvalue weighted by molar-refractivity contribution is 0.0773. The van der Waals surface area contributed by atoms with Gasteiger partial charge in [-0.05, 0) is 36.8 Å². The first-order valence-corrected chi connectivity index (χ1v) is 7.96. The molecule has 1 aromatic rings. The minimum Gasteiger partial charge on any atom is -0.338 e. The average Bonchev–Trinajstić information content (AvgIpc) is 2.82. The molecule has 21 heavy (non-hydrogen) atoms. The number of nitrogens with two attached hydrogens (primary N) is 1. The number of fused-ring (bicyclic) bond motifs is 1. The van der Waals surface area contributed by atoms with E-state index in [0.29, 0.717) is 19.0 Å². The first kappa shape index (κ1) is 14.9. The van der Waals surface area contributed by atoms with Crippen molar-refractivity contribution in [2.75, 3.05) is 13.1 Å². The zero-order valence-corrected chi connectivity index (χ0v) is 13.1. The Labute approximate surface area is 130 Å². The molecule has 1 saturated carbocycles. The van der Waals surface area contributed by atoms with Crippen molar-refractivity contribution in [2.45, 2.75) is 25.3 Å². The fourth-order valence-electron chi connectivity index (χ4n) is 3.59. The van der Waals surface area contributed by atoms with Gasteiger partial charge in [-0.15, -0.1) is 0 Å². The van der Waals surface area contributed by atoms with Gasteiger partial charge in [0.2, 0.25) is 0 Å². The summed E-state index contributed by atoms with van der Waals surface area (Å²) in [5.41, 5.74) is 5.64. The highest BCUT2D eigenvalue weighted by Crippen LogP contribution is 2.36. The molecule has 3 nitrogen and oxygen atoms in total. The molecule has 3 atom stereocenters. The highest BCUT2D eigenvalue weighted by atomic mass is 79.9. The van der Waals surface area contributed by atoms with Crippen molar-refractivity contribution in [3.63, 3.8) is 0 Å². The Bertz CT molecular complexity index is 558. The monoisotopic (exact) mass is 358 g/mol. The second-order valence-electron chi connectivity index (χ2n) is 5.97. The lowest BCUT2D eigenvalue weighted by Crippen LogP contribution is -2.38. The molecule has 2 aliphatic rings. The van der Waals surface area contributed by atoms with E-state index in [9.17, 15) is 13.6 Å². The Morgan fingerprint density at radius 1 is 1.24 bits per heavy atom. The molecule has 0 bridgehead atoms. The predicted molar refractivity (Wildman–Crippen MR) is 78.8 cm³/mol. The van der Waals surface area contributed by atoms with Crippen LogP contribution in [0.3, 0.4) is 0 Å². The van der Waals surface area contributed by atoms with Crippen LogP contribution < -0.4 is 5.73 Å². The average molecular weight is 359 g/mol. The van der Waals surface area contributed by atoms with Gasteiger partial charge in [-0.1, -0.05) is 22.4 Å². The molecule has 0 radical (unpaired) electrons. The molecule has 0 spiro atoms. The molecule has 1 heterocycles. The van der Waals surface area contributed by atoms with Gasteiger partial charge in [-0.3, -0.25) is 4.79 Å². The highest BCUT2D eigenvalue weighted by molar-refractivity contribution is 9.10. The van der Waals surface area contributed by atoms with E-state index in [1.165, 1.54) is 0 Å². The maximum Gasteiger partial charge on any atom is 0.259 e. The number of hydrogen-bond acceptors (Lipinski definition) is 2. The number of carbonyl (C=O) groups excluding carboxylic acids is 1. The number of likely N-dealkylation sites (tertiary alicyclic amines) is 1. The van der Waals surface area contributed by atoms with Crippen LogP contribution in [0.1, 0.15) is 29.6 Å². The molecule has 1 amide bonds. The summed E-state index contributed by atoms with van der Waals surface area (Å²) in [6.45, 7) is 1.05. The molecule has 3 rings (SSSR count). The summed E-state index contributed by atoms with van der Waals surface area (Å²) in [5.74, 6) is -1.61. The topological polar surface area (TPSA) is 46.3 Å². The third-order valence-electron chi connectivity index (χ3n) is 4.66. The van der Waals surface area contributed by atoms with Crippen molar-refractivity contribution in [1.29, 1.82) is 0 Å². The van der Waals surface area contributed by atoms with Crippen LogP contribution in [-0.4, -0.2) is 29.9 Å². The van der Waals surface area contributed by atoms with Crippen molar-refractivity contribution in [1.82, 2.24) is 4.90 Å². The largest absolute Gasteiger partial charge is 0.338 e. The molecule has 114 valence electrons. The Balaban J connectivity index is 1.84. The fourth-order valence-corrected chi connectivity index (χ4v) is 3.99. The zero-order chi connectivity index (χ0) is 15.1. The molecular formula is C15H17BrF2N2O. The fraction of sp³-hybridized carbons (Fsp3) is 0.533. The van der Waals surface area contributed by atoms with Crippen molar-refractivity contribution in [2.24, 2.45) is 17.6 Å². The first-order chi connectivity index (χ1) is 9.97. The van der Waals surface area contributed by atoms with Crippen molar-refractivity contribution >= 4 is 21.8 Å². The summed E-state index contributed by atoms with van der Waals surface area (Å²) in [6.07, 6.45) is 3.06. The summed E-state index contributed by atoms with van der Waals surface area (Å²) < 4.78 is 28.1. The van der Waals surface area contributed by atoms with Crippen molar-refractivity contribution in [3.8, 4) is 0 Å². The van der Waals surface area contributed by atoms with E-state index < -0.39 is 23.1 Å². The van der Waals surface area contributed by atoms with Crippen LogP contribution in [-0.2, 0) is 0 Å². The number of halogens is 3. The lowest BCUT2D eigenvalue weighted by Gasteiger charge is -2.29. The maximum atomic E-state index is 13.9. The normalized spacial score (nSPS) is 28.6. The van der Waals surface area contributed by atoms with Crippen LogP contribution in [0, 0.1) is 23.5 Å². The summed E-state index contributed by atoms with van der Waals surface area (Å²) in [5, 5.41) is 0. The molecule has 2 N–H and O–H groups in total. The second kappa shape index (κ2) is 5.65. The molecule has 3 unspecified atom stereocenters. The Morgan fingerprint density at radius 3 is 2.52 bits per heavy atom. The van der Waals surface area contributed by atoms with E-state index in [1.54, 1.807) is 4.90 Å². The van der Waals surface area contributed by atoms with E-state index in [1.807, 2.05) is 0 Å². The lowest BCUT2D eigenvalue weighted by atomic mass is 9.78.